The number of aromatic nitrogens is 1. The SMILES string of the molecule is COC(=O)/C(=C/c1ccccc1OC)NC(=O)c1ccccn1. The van der Waals surface area contributed by atoms with Crippen LogP contribution in [0.1, 0.15) is 16.1 Å². The first-order valence-corrected chi connectivity index (χ1v) is 6.81. The zero-order chi connectivity index (χ0) is 16.7. The molecule has 1 N–H and O–H groups in total. The molecule has 1 amide bonds. The number of nitrogens with one attached hydrogen (secondary N) is 1. The lowest BCUT2D eigenvalue weighted by molar-refractivity contribution is -0.136. The summed E-state index contributed by atoms with van der Waals surface area (Å²) in [6, 6.07) is 12.0. The Balaban J connectivity index is 2.32. The number of amides is 1. The van der Waals surface area contributed by atoms with Gasteiger partial charge in [-0.2, -0.15) is 0 Å². The molecule has 118 valence electrons. The molecular formula is C17H16N2O4. The van der Waals surface area contributed by atoms with Gasteiger partial charge in [-0.3, -0.25) is 9.78 Å². The fraction of sp³-hybridized carbons (Fsp3) is 0.118. The van der Waals surface area contributed by atoms with Gasteiger partial charge in [0.05, 0.1) is 14.2 Å². The van der Waals surface area contributed by atoms with Crippen LogP contribution in [0.4, 0.5) is 0 Å². The first-order chi connectivity index (χ1) is 11.2. The molecule has 0 spiro atoms. The monoisotopic (exact) mass is 312 g/mol. The van der Waals surface area contributed by atoms with E-state index in [1.807, 2.05) is 0 Å². The summed E-state index contributed by atoms with van der Waals surface area (Å²) in [7, 11) is 2.77. The molecule has 1 aromatic carbocycles. The minimum absolute atomic E-state index is 0.00680. The maximum atomic E-state index is 12.2. The zero-order valence-corrected chi connectivity index (χ0v) is 12.8. The fourth-order valence-electron chi connectivity index (χ4n) is 1.88. The molecule has 23 heavy (non-hydrogen) atoms. The van der Waals surface area contributed by atoms with E-state index in [4.69, 9.17) is 9.47 Å². The van der Waals surface area contributed by atoms with E-state index in [0.717, 1.165) is 0 Å². The van der Waals surface area contributed by atoms with Crippen LogP contribution in [0, 0.1) is 0 Å². The highest BCUT2D eigenvalue weighted by Crippen LogP contribution is 2.20. The Labute approximate surface area is 133 Å². The Morgan fingerprint density at radius 2 is 1.83 bits per heavy atom. The average Bonchev–Trinajstić information content (AvgIpc) is 2.61. The first-order valence-electron chi connectivity index (χ1n) is 6.81. The Morgan fingerprint density at radius 1 is 1.09 bits per heavy atom. The van der Waals surface area contributed by atoms with Gasteiger partial charge in [-0.15, -0.1) is 0 Å². The largest absolute Gasteiger partial charge is 0.496 e. The predicted molar refractivity (Wildman–Crippen MR) is 84.7 cm³/mol. The lowest BCUT2D eigenvalue weighted by atomic mass is 10.1. The van der Waals surface area contributed by atoms with Crippen LogP contribution < -0.4 is 10.1 Å². The predicted octanol–water partition coefficient (Wildman–Crippen LogP) is 2.03. The molecule has 0 saturated heterocycles. The summed E-state index contributed by atoms with van der Waals surface area (Å²) < 4.78 is 9.94. The summed E-state index contributed by atoms with van der Waals surface area (Å²) in [5.41, 5.74) is 0.826. The van der Waals surface area contributed by atoms with Gasteiger partial charge >= 0.3 is 5.97 Å². The number of esters is 1. The third-order valence-electron chi connectivity index (χ3n) is 2.99. The van der Waals surface area contributed by atoms with Crippen molar-refractivity contribution in [1.29, 1.82) is 0 Å². The molecule has 0 aliphatic heterocycles. The molecule has 0 radical (unpaired) electrons. The third kappa shape index (κ3) is 4.16. The fourth-order valence-corrected chi connectivity index (χ4v) is 1.88. The molecule has 0 atom stereocenters. The maximum Gasteiger partial charge on any atom is 0.354 e. The zero-order valence-electron chi connectivity index (χ0n) is 12.8. The van der Waals surface area contributed by atoms with Crippen molar-refractivity contribution in [3.8, 4) is 5.75 Å². The van der Waals surface area contributed by atoms with E-state index < -0.39 is 11.9 Å². The van der Waals surface area contributed by atoms with E-state index in [1.54, 1.807) is 42.5 Å². The van der Waals surface area contributed by atoms with Crippen LogP contribution in [0.3, 0.4) is 0 Å². The topological polar surface area (TPSA) is 77.5 Å². The number of para-hydroxylation sites is 1. The number of methoxy groups -OCH3 is 2. The lowest BCUT2D eigenvalue weighted by Gasteiger charge is -2.09. The number of pyridine rings is 1. The standard InChI is InChI=1S/C17H16N2O4/c1-22-15-9-4-3-7-12(15)11-14(17(21)23-2)19-16(20)13-8-5-6-10-18-13/h3-11H,1-2H3,(H,19,20)/b14-11-. The van der Waals surface area contributed by atoms with E-state index in [-0.39, 0.29) is 11.4 Å². The molecular weight excluding hydrogens is 296 g/mol. The van der Waals surface area contributed by atoms with Gasteiger partial charge in [0.25, 0.3) is 5.91 Å². The number of ether oxygens (including phenoxy) is 2. The quantitative estimate of drug-likeness (QED) is 0.675. The van der Waals surface area contributed by atoms with Crippen LogP contribution in [-0.2, 0) is 9.53 Å². The highest BCUT2D eigenvalue weighted by atomic mass is 16.5. The van der Waals surface area contributed by atoms with Gasteiger partial charge in [0.2, 0.25) is 0 Å². The second-order valence-corrected chi connectivity index (χ2v) is 4.46. The van der Waals surface area contributed by atoms with Gasteiger partial charge in [0, 0.05) is 11.8 Å². The summed E-state index contributed by atoms with van der Waals surface area (Å²) in [4.78, 5) is 28.0. The highest BCUT2D eigenvalue weighted by molar-refractivity contribution is 6.02. The Hall–Kier alpha value is -3.15. The minimum Gasteiger partial charge on any atom is -0.496 e. The number of benzene rings is 1. The molecule has 1 heterocycles. The summed E-state index contributed by atoms with van der Waals surface area (Å²) in [5.74, 6) is -0.599. The average molecular weight is 312 g/mol. The van der Waals surface area contributed by atoms with Crippen LogP contribution in [0.15, 0.2) is 54.4 Å². The van der Waals surface area contributed by atoms with E-state index in [9.17, 15) is 9.59 Å². The van der Waals surface area contributed by atoms with Crippen molar-refractivity contribution in [2.75, 3.05) is 14.2 Å². The van der Waals surface area contributed by atoms with Gasteiger partial charge in [0.1, 0.15) is 17.1 Å². The summed E-state index contributed by atoms with van der Waals surface area (Å²) >= 11 is 0. The summed E-state index contributed by atoms with van der Waals surface area (Å²) in [6.45, 7) is 0. The van der Waals surface area contributed by atoms with Crippen molar-refractivity contribution in [3.63, 3.8) is 0 Å². The molecule has 2 aromatic rings. The molecule has 2 rings (SSSR count). The second-order valence-electron chi connectivity index (χ2n) is 4.46. The van der Waals surface area contributed by atoms with Crippen molar-refractivity contribution in [1.82, 2.24) is 10.3 Å². The van der Waals surface area contributed by atoms with E-state index in [1.165, 1.54) is 26.5 Å². The maximum absolute atomic E-state index is 12.2. The summed E-state index contributed by atoms with van der Waals surface area (Å²) in [5, 5.41) is 2.51. The lowest BCUT2D eigenvalue weighted by Crippen LogP contribution is -2.28. The molecule has 6 heteroatoms. The molecule has 0 fully saturated rings. The van der Waals surface area contributed by atoms with Gasteiger partial charge in [-0.05, 0) is 24.3 Å². The molecule has 1 aromatic heterocycles. The molecule has 0 saturated carbocycles. The third-order valence-corrected chi connectivity index (χ3v) is 2.99. The molecule has 6 nitrogen and oxygen atoms in total. The van der Waals surface area contributed by atoms with Crippen LogP contribution >= 0.6 is 0 Å². The molecule has 0 unspecified atom stereocenters. The van der Waals surface area contributed by atoms with Gasteiger partial charge < -0.3 is 14.8 Å². The van der Waals surface area contributed by atoms with Gasteiger partial charge in [-0.25, -0.2) is 4.79 Å². The normalized spacial score (nSPS) is 10.8. The van der Waals surface area contributed by atoms with Crippen molar-refractivity contribution in [2.45, 2.75) is 0 Å². The van der Waals surface area contributed by atoms with E-state index in [2.05, 4.69) is 10.3 Å². The number of carbonyl (C=O) groups excluding carboxylic acids is 2. The molecule has 0 aliphatic carbocycles. The van der Waals surface area contributed by atoms with Crippen LogP contribution in [0.2, 0.25) is 0 Å². The van der Waals surface area contributed by atoms with Crippen molar-refractivity contribution in [3.05, 3.63) is 65.6 Å². The Bertz CT molecular complexity index is 726. The van der Waals surface area contributed by atoms with Crippen LogP contribution in [0.25, 0.3) is 6.08 Å². The number of carbonyl (C=O) groups is 2. The van der Waals surface area contributed by atoms with E-state index in [0.29, 0.717) is 11.3 Å². The van der Waals surface area contributed by atoms with Crippen molar-refractivity contribution < 1.29 is 19.1 Å². The second kappa shape index (κ2) is 7.74. The smallest absolute Gasteiger partial charge is 0.354 e. The van der Waals surface area contributed by atoms with E-state index >= 15 is 0 Å². The van der Waals surface area contributed by atoms with Crippen LogP contribution in [0.5, 0.6) is 5.75 Å². The number of hydrogen-bond donors (Lipinski definition) is 1. The summed E-state index contributed by atoms with van der Waals surface area (Å²) in [6.07, 6.45) is 2.99. The van der Waals surface area contributed by atoms with Gasteiger partial charge in [0.15, 0.2) is 0 Å². The number of rotatable bonds is 5. The van der Waals surface area contributed by atoms with Crippen molar-refractivity contribution >= 4 is 18.0 Å². The van der Waals surface area contributed by atoms with Crippen LogP contribution in [-0.4, -0.2) is 31.1 Å². The number of nitrogens with zero attached hydrogens (tertiary/aromatic N) is 1. The Kier molecular flexibility index (Phi) is 5.46. The van der Waals surface area contributed by atoms with Gasteiger partial charge in [-0.1, -0.05) is 24.3 Å². The molecule has 0 bridgehead atoms. The number of hydrogen-bond acceptors (Lipinski definition) is 5. The highest BCUT2D eigenvalue weighted by Gasteiger charge is 2.16. The van der Waals surface area contributed by atoms with Crippen molar-refractivity contribution in [2.24, 2.45) is 0 Å². The Morgan fingerprint density at radius 3 is 2.48 bits per heavy atom. The molecule has 0 aliphatic rings. The minimum atomic E-state index is -0.666. The first kappa shape index (κ1) is 16.2.